The fourth-order valence-electron chi connectivity index (χ4n) is 7.95. The van der Waals surface area contributed by atoms with E-state index < -0.39 is 24.2 Å². The van der Waals surface area contributed by atoms with Gasteiger partial charge in [0.05, 0.1) is 35.9 Å². The molecule has 0 bridgehead atoms. The van der Waals surface area contributed by atoms with Gasteiger partial charge in [-0.3, -0.25) is 14.6 Å². The Hall–Kier alpha value is -2.32. The van der Waals surface area contributed by atoms with Gasteiger partial charge in [0.15, 0.2) is 5.78 Å². The Labute approximate surface area is 218 Å². The average molecular weight is 511 g/mol. The zero-order valence-electron chi connectivity index (χ0n) is 21.9. The number of carbonyl (C=O) groups excluding carboxylic acids is 2. The standard InChI is InChI=1S/C29H39FN4O3/c1-33(2)29(36)21-16-34-25-19-9-4-3-7-17(19)10-11-23(25)37-28-24(22(30)15-20(26(28)34)27(21)35)32-14-12-18-8-5-6-13-31-18/h5-6,8,13,16-17,19-20,22-26,28,32H,3-4,7,9-12,14-15H2,1-2H3. The van der Waals surface area contributed by atoms with Crippen LogP contribution in [0.3, 0.4) is 0 Å². The molecule has 7 nitrogen and oxygen atoms in total. The number of ether oxygens (including phenoxy) is 1. The molecule has 2 aliphatic heterocycles. The van der Waals surface area contributed by atoms with Gasteiger partial charge in [0, 0.05) is 51.1 Å². The van der Waals surface area contributed by atoms with Crippen molar-refractivity contribution >= 4 is 11.7 Å². The van der Waals surface area contributed by atoms with Crippen molar-refractivity contribution in [3.63, 3.8) is 0 Å². The third kappa shape index (κ3) is 4.40. The number of likely N-dealkylation sites (N-methyl/N-ethyl adjacent to an activating group) is 1. The minimum atomic E-state index is -1.22. The van der Waals surface area contributed by atoms with Crippen molar-refractivity contribution < 1.29 is 18.7 Å². The molecule has 1 aromatic heterocycles. The van der Waals surface area contributed by atoms with Crippen LogP contribution in [0.2, 0.25) is 0 Å². The van der Waals surface area contributed by atoms with Crippen LogP contribution in [0.5, 0.6) is 0 Å². The Morgan fingerprint density at radius 3 is 2.81 bits per heavy atom. The smallest absolute Gasteiger partial charge is 0.258 e. The summed E-state index contributed by atoms with van der Waals surface area (Å²) >= 11 is 0. The van der Waals surface area contributed by atoms with Crippen LogP contribution in [-0.2, 0) is 20.7 Å². The molecule has 3 heterocycles. The molecule has 1 saturated heterocycles. The van der Waals surface area contributed by atoms with Crippen LogP contribution in [0.15, 0.2) is 36.2 Å². The number of alkyl halides is 1. The number of fused-ring (bicyclic) bond motifs is 4. The number of hydrogen-bond donors (Lipinski definition) is 1. The summed E-state index contributed by atoms with van der Waals surface area (Å²) in [6.45, 7) is 0.590. The van der Waals surface area contributed by atoms with E-state index in [-0.39, 0.29) is 41.9 Å². The number of ketones is 1. The highest BCUT2D eigenvalue weighted by atomic mass is 19.1. The maximum atomic E-state index is 15.8. The van der Waals surface area contributed by atoms with Gasteiger partial charge in [-0.15, -0.1) is 0 Å². The molecule has 1 aromatic rings. The second-order valence-electron chi connectivity index (χ2n) is 11.9. The SMILES string of the molecule is CN(C)C(=O)C1=CN2C3C(CCC4CCCCC43)OC3C(NCCc4ccccn4)C(F)CC(C1=O)C32. The molecule has 1 N–H and O–H groups in total. The summed E-state index contributed by atoms with van der Waals surface area (Å²) in [7, 11) is 3.34. The highest BCUT2D eigenvalue weighted by Gasteiger charge is 2.60. The Balaban J connectivity index is 1.32. The Bertz CT molecular complexity index is 1050. The van der Waals surface area contributed by atoms with Crippen LogP contribution in [0.4, 0.5) is 4.39 Å². The summed E-state index contributed by atoms with van der Waals surface area (Å²) in [5.74, 6) is 0.0793. The fraction of sp³-hybridized carbons (Fsp3) is 0.690. The number of carbonyl (C=O) groups is 2. The maximum absolute atomic E-state index is 15.8. The minimum absolute atomic E-state index is 0.00759. The number of aromatic nitrogens is 1. The van der Waals surface area contributed by atoms with Crippen LogP contribution in [0.1, 0.15) is 50.6 Å². The van der Waals surface area contributed by atoms with Crippen LogP contribution < -0.4 is 5.32 Å². The minimum Gasteiger partial charge on any atom is -0.369 e. The number of morpholine rings is 1. The normalized spacial score (nSPS) is 38.7. The van der Waals surface area contributed by atoms with Gasteiger partial charge in [0.2, 0.25) is 0 Å². The predicted octanol–water partition coefficient (Wildman–Crippen LogP) is 2.90. The predicted molar refractivity (Wildman–Crippen MR) is 137 cm³/mol. The summed E-state index contributed by atoms with van der Waals surface area (Å²) in [5, 5.41) is 3.45. The van der Waals surface area contributed by atoms with Crippen LogP contribution in [-0.4, -0.2) is 83.6 Å². The molecule has 37 heavy (non-hydrogen) atoms. The van der Waals surface area contributed by atoms with Crippen LogP contribution in [0.25, 0.3) is 0 Å². The largest absolute Gasteiger partial charge is 0.369 e. The second-order valence-corrected chi connectivity index (χ2v) is 11.9. The summed E-state index contributed by atoms with van der Waals surface area (Å²) in [6, 6.07) is 5.23. The number of pyridine rings is 1. The van der Waals surface area contributed by atoms with Gasteiger partial charge in [-0.25, -0.2) is 4.39 Å². The number of halogens is 1. The van der Waals surface area contributed by atoms with E-state index in [1.165, 1.54) is 24.2 Å². The van der Waals surface area contributed by atoms with E-state index in [1.807, 2.05) is 24.4 Å². The topological polar surface area (TPSA) is 74.8 Å². The molecular formula is C29H39FN4O3. The van der Waals surface area contributed by atoms with E-state index in [1.54, 1.807) is 20.3 Å². The molecule has 9 unspecified atom stereocenters. The molecule has 8 heteroatoms. The van der Waals surface area contributed by atoms with E-state index in [9.17, 15) is 9.59 Å². The van der Waals surface area contributed by atoms with Crippen molar-refractivity contribution in [2.75, 3.05) is 20.6 Å². The molecule has 4 fully saturated rings. The highest BCUT2D eigenvalue weighted by Crippen LogP contribution is 2.51. The molecule has 0 aromatic carbocycles. The van der Waals surface area contributed by atoms with Gasteiger partial charge in [-0.05, 0) is 49.7 Å². The average Bonchev–Trinajstić information content (AvgIpc) is 2.91. The molecule has 9 atom stereocenters. The molecule has 3 aliphatic carbocycles. The lowest BCUT2D eigenvalue weighted by atomic mass is 9.63. The maximum Gasteiger partial charge on any atom is 0.258 e. The second kappa shape index (κ2) is 10.1. The number of hydrogen-bond acceptors (Lipinski definition) is 6. The number of Topliss-reactive ketones (excluding diaryl/α,β-unsaturated/α-hetero) is 1. The van der Waals surface area contributed by atoms with Gasteiger partial charge in [0.1, 0.15) is 6.17 Å². The first kappa shape index (κ1) is 25.0. The third-order valence-corrected chi connectivity index (χ3v) is 9.61. The first-order valence-electron chi connectivity index (χ1n) is 14.1. The van der Waals surface area contributed by atoms with E-state index >= 15 is 4.39 Å². The zero-order chi connectivity index (χ0) is 25.7. The lowest BCUT2D eigenvalue weighted by molar-refractivity contribution is -0.215. The number of amides is 1. The van der Waals surface area contributed by atoms with Crippen molar-refractivity contribution in [1.29, 1.82) is 0 Å². The molecule has 3 saturated carbocycles. The van der Waals surface area contributed by atoms with Crippen molar-refractivity contribution in [2.24, 2.45) is 17.8 Å². The molecule has 0 spiro atoms. The van der Waals surface area contributed by atoms with Crippen molar-refractivity contribution in [2.45, 2.75) is 87.9 Å². The van der Waals surface area contributed by atoms with Gasteiger partial charge in [-0.2, -0.15) is 0 Å². The molecule has 6 rings (SSSR count). The van der Waals surface area contributed by atoms with E-state index in [4.69, 9.17) is 4.74 Å². The Kier molecular flexibility index (Phi) is 6.82. The van der Waals surface area contributed by atoms with Gasteiger partial charge in [-0.1, -0.05) is 25.3 Å². The molecule has 0 radical (unpaired) electrons. The quantitative estimate of drug-likeness (QED) is 0.614. The van der Waals surface area contributed by atoms with Gasteiger partial charge < -0.3 is 19.9 Å². The molecule has 5 aliphatic rings. The first-order valence-corrected chi connectivity index (χ1v) is 14.1. The highest BCUT2D eigenvalue weighted by molar-refractivity contribution is 6.20. The van der Waals surface area contributed by atoms with E-state index in [0.717, 1.165) is 25.0 Å². The van der Waals surface area contributed by atoms with Crippen LogP contribution in [0, 0.1) is 17.8 Å². The van der Waals surface area contributed by atoms with Gasteiger partial charge in [0.25, 0.3) is 5.91 Å². The first-order chi connectivity index (χ1) is 17.9. The van der Waals surface area contributed by atoms with Crippen molar-refractivity contribution in [3.05, 3.63) is 41.9 Å². The summed E-state index contributed by atoms with van der Waals surface area (Å²) in [5.41, 5.74) is 1.17. The molecule has 200 valence electrons. The summed E-state index contributed by atoms with van der Waals surface area (Å²) < 4.78 is 22.7. The Morgan fingerprint density at radius 1 is 1.19 bits per heavy atom. The van der Waals surface area contributed by atoms with Crippen molar-refractivity contribution in [1.82, 2.24) is 20.1 Å². The molecule has 1 amide bonds. The van der Waals surface area contributed by atoms with Crippen molar-refractivity contribution in [3.8, 4) is 0 Å². The fourth-order valence-corrected chi connectivity index (χ4v) is 7.95. The van der Waals surface area contributed by atoms with Crippen LogP contribution >= 0.6 is 0 Å². The number of nitrogens with zero attached hydrogens (tertiary/aromatic N) is 3. The van der Waals surface area contributed by atoms with E-state index in [0.29, 0.717) is 24.8 Å². The number of rotatable bonds is 5. The lowest BCUT2D eigenvalue weighted by Crippen LogP contribution is -2.74. The van der Waals surface area contributed by atoms with E-state index in [2.05, 4.69) is 15.2 Å². The molecular weight excluding hydrogens is 471 g/mol. The monoisotopic (exact) mass is 510 g/mol. The lowest BCUT2D eigenvalue weighted by Gasteiger charge is -2.62. The zero-order valence-corrected chi connectivity index (χ0v) is 21.9. The van der Waals surface area contributed by atoms with Gasteiger partial charge >= 0.3 is 0 Å². The Morgan fingerprint density at radius 2 is 2.03 bits per heavy atom. The summed E-state index contributed by atoms with van der Waals surface area (Å²) in [6.07, 6.45) is 9.75. The summed E-state index contributed by atoms with van der Waals surface area (Å²) in [4.78, 5) is 34.9. The number of nitrogens with one attached hydrogen (secondary N) is 1. The third-order valence-electron chi connectivity index (χ3n) is 9.61.